The Bertz CT molecular complexity index is 1450. The van der Waals surface area contributed by atoms with Crippen molar-refractivity contribution < 1.29 is 39.8 Å². The lowest BCUT2D eigenvalue weighted by Gasteiger charge is -2.40. The zero-order valence-electron chi connectivity index (χ0n) is 45.9. The summed E-state index contributed by atoms with van der Waals surface area (Å²) in [7, 11) is 0. The second-order valence-electron chi connectivity index (χ2n) is 20.1. The second-order valence-corrected chi connectivity index (χ2v) is 20.1. The molecule has 0 aromatic rings. The minimum Gasteiger partial charge on any atom is -0.394 e. The molecular formula is C63H109NO8. The normalized spacial score (nSPS) is 19.9. The quantitative estimate of drug-likeness (QED) is 0.0261. The van der Waals surface area contributed by atoms with E-state index in [-0.39, 0.29) is 12.5 Å². The van der Waals surface area contributed by atoms with Gasteiger partial charge in [0.25, 0.3) is 0 Å². The molecule has 1 saturated heterocycles. The monoisotopic (exact) mass is 1010 g/mol. The van der Waals surface area contributed by atoms with Crippen LogP contribution < -0.4 is 5.32 Å². The topological polar surface area (TPSA) is 149 Å². The molecule has 1 rings (SSSR count). The maximum Gasteiger partial charge on any atom is 0.220 e. The Labute approximate surface area is 441 Å². The van der Waals surface area contributed by atoms with Crippen molar-refractivity contribution in [3.05, 3.63) is 97.2 Å². The zero-order chi connectivity index (χ0) is 52.2. The molecule has 9 heteroatoms. The van der Waals surface area contributed by atoms with Crippen molar-refractivity contribution in [2.75, 3.05) is 13.2 Å². The first kappa shape index (κ1) is 67.1. The standard InChI is InChI=1S/C63H109NO8/c1-3-5-7-9-11-13-15-17-19-21-23-25-27-29-31-33-35-37-39-41-43-45-47-49-51-53-59(67)64-56(55-71-63-62(70)61(69)60(68)58(54-65)72-63)57(66)52-50-48-46-44-42-40-38-36-34-32-30-28-26-24-22-20-18-16-14-12-10-8-6-4-2/h5,7,11,13,17,19,23,25,29,31,35,37,41,43,50,52,56-58,60-63,65-66,68-70H,3-4,6,8-10,12,14-16,18,20-22,24,26-28,30,32-34,36,38-40,42,44-49,51,53-55H2,1-2H3,(H,64,67)/b7-5-,13-11-,19-17-,25-23-,31-29-,37-35-,43-41-,52-50+. The predicted molar refractivity (Wildman–Crippen MR) is 304 cm³/mol. The van der Waals surface area contributed by atoms with E-state index in [1.807, 2.05) is 6.08 Å². The summed E-state index contributed by atoms with van der Waals surface area (Å²) in [5.74, 6) is -0.211. The van der Waals surface area contributed by atoms with E-state index in [4.69, 9.17) is 9.47 Å². The number of hydrogen-bond acceptors (Lipinski definition) is 8. The number of ether oxygens (including phenoxy) is 2. The van der Waals surface area contributed by atoms with E-state index in [9.17, 15) is 30.3 Å². The van der Waals surface area contributed by atoms with E-state index >= 15 is 0 Å². The van der Waals surface area contributed by atoms with Gasteiger partial charge in [0, 0.05) is 6.42 Å². The van der Waals surface area contributed by atoms with Gasteiger partial charge in [-0.2, -0.15) is 0 Å². The van der Waals surface area contributed by atoms with Gasteiger partial charge in [0.05, 0.1) is 25.4 Å². The highest BCUT2D eigenvalue weighted by molar-refractivity contribution is 5.76. The molecule has 1 amide bonds. The van der Waals surface area contributed by atoms with Crippen molar-refractivity contribution in [2.24, 2.45) is 0 Å². The minimum atomic E-state index is -1.58. The summed E-state index contributed by atoms with van der Waals surface area (Å²) in [5, 5.41) is 54.5. The van der Waals surface area contributed by atoms with Crippen LogP contribution in [0.3, 0.4) is 0 Å². The number of nitrogens with one attached hydrogen (secondary N) is 1. The van der Waals surface area contributed by atoms with Crippen LogP contribution in [-0.4, -0.2) is 87.5 Å². The molecule has 1 heterocycles. The van der Waals surface area contributed by atoms with Gasteiger partial charge in [-0.3, -0.25) is 4.79 Å². The average molecular weight is 1010 g/mol. The molecule has 0 aromatic heterocycles. The molecule has 7 atom stereocenters. The highest BCUT2D eigenvalue weighted by Crippen LogP contribution is 2.23. The Hall–Kier alpha value is -2.89. The molecule has 0 saturated carbocycles. The third-order valence-corrected chi connectivity index (χ3v) is 13.4. The number of rotatable bonds is 49. The molecule has 0 spiro atoms. The van der Waals surface area contributed by atoms with Gasteiger partial charge in [-0.1, -0.05) is 252 Å². The molecule has 0 radical (unpaired) electrons. The summed E-state index contributed by atoms with van der Waals surface area (Å²) in [6.45, 7) is 3.66. The minimum absolute atomic E-state index is 0.207. The number of aliphatic hydroxyl groups is 5. The van der Waals surface area contributed by atoms with Crippen molar-refractivity contribution in [1.82, 2.24) is 5.32 Å². The van der Waals surface area contributed by atoms with E-state index in [1.165, 1.54) is 128 Å². The van der Waals surface area contributed by atoms with E-state index in [1.54, 1.807) is 6.08 Å². The van der Waals surface area contributed by atoms with Crippen LogP contribution in [0.5, 0.6) is 0 Å². The fourth-order valence-corrected chi connectivity index (χ4v) is 8.78. The lowest BCUT2D eigenvalue weighted by molar-refractivity contribution is -0.302. The summed E-state index contributed by atoms with van der Waals surface area (Å²) in [6.07, 6.45) is 67.5. The Kier molecular flexibility index (Phi) is 48.1. The number of amides is 1. The Balaban J connectivity index is 2.28. The first-order valence-electron chi connectivity index (χ1n) is 29.5. The summed E-state index contributed by atoms with van der Waals surface area (Å²) in [6, 6.07) is -0.831. The zero-order valence-corrected chi connectivity index (χ0v) is 45.9. The Morgan fingerprint density at radius 2 is 0.861 bits per heavy atom. The molecule has 1 aliphatic heterocycles. The van der Waals surface area contributed by atoms with Crippen LogP contribution in [0.2, 0.25) is 0 Å². The number of carbonyl (C=O) groups excluding carboxylic acids is 1. The Morgan fingerprint density at radius 3 is 1.28 bits per heavy atom. The molecular weight excluding hydrogens is 899 g/mol. The van der Waals surface area contributed by atoms with Crippen LogP contribution in [0.15, 0.2) is 97.2 Å². The van der Waals surface area contributed by atoms with Crippen LogP contribution in [-0.2, 0) is 14.3 Å². The number of allylic oxidation sites excluding steroid dienone is 15. The van der Waals surface area contributed by atoms with Crippen molar-refractivity contribution in [3.63, 3.8) is 0 Å². The number of unbranched alkanes of at least 4 members (excludes halogenated alkanes) is 25. The highest BCUT2D eigenvalue weighted by Gasteiger charge is 2.44. The van der Waals surface area contributed by atoms with Crippen molar-refractivity contribution in [3.8, 4) is 0 Å². The molecule has 414 valence electrons. The first-order chi connectivity index (χ1) is 35.3. The van der Waals surface area contributed by atoms with E-state index < -0.39 is 49.5 Å². The first-order valence-corrected chi connectivity index (χ1v) is 29.5. The molecule has 72 heavy (non-hydrogen) atoms. The van der Waals surface area contributed by atoms with E-state index in [0.717, 1.165) is 83.5 Å². The average Bonchev–Trinajstić information content (AvgIpc) is 3.38. The van der Waals surface area contributed by atoms with Gasteiger partial charge in [-0.15, -0.1) is 0 Å². The summed E-state index contributed by atoms with van der Waals surface area (Å²) < 4.78 is 11.3. The summed E-state index contributed by atoms with van der Waals surface area (Å²) in [5.41, 5.74) is 0. The van der Waals surface area contributed by atoms with E-state index in [2.05, 4.69) is 104 Å². The number of carbonyl (C=O) groups is 1. The smallest absolute Gasteiger partial charge is 0.220 e. The molecule has 6 N–H and O–H groups in total. The van der Waals surface area contributed by atoms with Crippen molar-refractivity contribution in [1.29, 1.82) is 0 Å². The molecule has 7 unspecified atom stereocenters. The second kappa shape index (κ2) is 51.6. The number of hydrogen-bond donors (Lipinski definition) is 6. The van der Waals surface area contributed by atoms with Gasteiger partial charge < -0.3 is 40.3 Å². The van der Waals surface area contributed by atoms with Crippen molar-refractivity contribution >= 4 is 5.91 Å². The molecule has 0 bridgehead atoms. The van der Waals surface area contributed by atoms with Gasteiger partial charge >= 0.3 is 0 Å². The molecule has 9 nitrogen and oxygen atoms in total. The van der Waals surface area contributed by atoms with Crippen LogP contribution in [0.4, 0.5) is 0 Å². The van der Waals surface area contributed by atoms with Crippen LogP contribution in [0.25, 0.3) is 0 Å². The van der Waals surface area contributed by atoms with Gasteiger partial charge in [-0.05, 0) is 77.0 Å². The highest BCUT2D eigenvalue weighted by atomic mass is 16.7. The summed E-state index contributed by atoms with van der Waals surface area (Å²) in [4.78, 5) is 13.1. The van der Waals surface area contributed by atoms with Gasteiger partial charge in [0.15, 0.2) is 6.29 Å². The van der Waals surface area contributed by atoms with Crippen LogP contribution in [0, 0.1) is 0 Å². The molecule has 1 aliphatic rings. The molecule has 1 fully saturated rings. The lowest BCUT2D eigenvalue weighted by Crippen LogP contribution is -2.60. The van der Waals surface area contributed by atoms with Crippen molar-refractivity contribution in [2.45, 2.75) is 281 Å². The fourth-order valence-electron chi connectivity index (χ4n) is 8.78. The predicted octanol–water partition coefficient (Wildman–Crippen LogP) is 14.8. The Morgan fingerprint density at radius 1 is 0.486 bits per heavy atom. The largest absolute Gasteiger partial charge is 0.394 e. The SMILES string of the molecule is CC/C=C\C/C=C\C/C=C\C/C=C\C/C=C\C/C=C\C/C=C\CCCCCC(=O)NC(COC1OC(CO)C(O)C(O)C1O)C(O)/C=C/CCCCCCCCCCCCCCCCCCCCCCCC. The fraction of sp³-hybridized carbons (Fsp3) is 0.730. The van der Waals surface area contributed by atoms with Crippen LogP contribution in [0.1, 0.15) is 239 Å². The van der Waals surface area contributed by atoms with Crippen LogP contribution >= 0.6 is 0 Å². The van der Waals surface area contributed by atoms with E-state index in [0.29, 0.717) is 12.8 Å². The molecule has 0 aliphatic carbocycles. The van der Waals surface area contributed by atoms with Gasteiger partial charge in [-0.25, -0.2) is 0 Å². The maximum atomic E-state index is 13.1. The summed E-state index contributed by atoms with van der Waals surface area (Å²) >= 11 is 0. The molecule has 0 aromatic carbocycles. The van der Waals surface area contributed by atoms with Gasteiger partial charge in [0.1, 0.15) is 24.4 Å². The number of aliphatic hydroxyl groups excluding tert-OH is 5. The third kappa shape index (κ3) is 40.5. The lowest BCUT2D eigenvalue weighted by atomic mass is 9.99. The maximum absolute atomic E-state index is 13.1. The van der Waals surface area contributed by atoms with Gasteiger partial charge in [0.2, 0.25) is 5.91 Å². The third-order valence-electron chi connectivity index (χ3n) is 13.4.